The summed E-state index contributed by atoms with van der Waals surface area (Å²) in [6.07, 6.45) is 6.40. The normalized spacial score (nSPS) is 19.4. The molecule has 0 amide bonds. The summed E-state index contributed by atoms with van der Waals surface area (Å²) in [6.45, 7) is 5.28. The zero-order valence-electron chi connectivity index (χ0n) is 9.96. The van der Waals surface area contributed by atoms with Crippen molar-refractivity contribution in [2.24, 2.45) is 5.41 Å². The number of hydrogen-bond donors (Lipinski definition) is 1. The molecule has 1 heterocycles. The van der Waals surface area contributed by atoms with E-state index in [0.717, 1.165) is 18.5 Å². The molecule has 1 saturated carbocycles. The largest absolute Gasteiger partial charge is 0.309 e. The number of halogens is 1. The van der Waals surface area contributed by atoms with Gasteiger partial charge in [-0.25, -0.2) is 4.39 Å². The fraction of sp³-hybridized carbons (Fsp3) is 0.615. The van der Waals surface area contributed by atoms with E-state index in [9.17, 15) is 4.39 Å². The molecule has 0 aromatic carbocycles. The lowest BCUT2D eigenvalue weighted by Gasteiger charge is -2.25. The second kappa shape index (κ2) is 4.50. The number of aromatic nitrogens is 1. The molecule has 0 spiro atoms. The molecule has 0 bridgehead atoms. The Labute approximate surface area is 96.3 Å². The van der Waals surface area contributed by atoms with Gasteiger partial charge in [0.2, 0.25) is 0 Å². The summed E-state index contributed by atoms with van der Waals surface area (Å²) in [5.41, 5.74) is 1.00. The minimum Gasteiger partial charge on any atom is -0.309 e. The van der Waals surface area contributed by atoms with Crippen molar-refractivity contribution in [1.29, 1.82) is 0 Å². The summed E-state index contributed by atoms with van der Waals surface area (Å²) in [6, 6.07) is 1.93. The third kappa shape index (κ3) is 2.24. The Morgan fingerprint density at radius 2 is 2.31 bits per heavy atom. The molecule has 16 heavy (non-hydrogen) atoms. The maximum absolute atomic E-state index is 13.7. The van der Waals surface area contributed by atoms with Gasteiger partial charge < -0.3 is 5.32 Å². The van der Waals surface area contributed by atoms with Gasteiger partial charge in [0.05, 0.1) is 6.20 Å². The fourth-order valence-electron chi connectivity index (χ4n) is 2.13. The fourth-order valence-corrected chi connectivity index (χ4v) is 2.13. The Bertz CT molecular complexity index is 361. The lowest BCUT2D eigenvalue weighted by atomic mass is 9.92. The standard InChI is InChI=1S/C13H19FN2/c1-3-7-16-12(13(2)5-6-13)10-4-8-15-9-11(10)14/h4,8-9,12,16H,3,5-7H2,1-2H3. The van der Waals surface area contributed by atoms with Crippen molar-refractivity contribution in [2.75, 3.05) is 6.54 Å². The number of pyridine rings is 1. The summed E-state index contributed by atoms with van der Waals surface area (Å²) < 4.78 is 13.7. The van der Waals surface area contributed by atoms with Crippen LogP contribution in [0.25, 0.3) is 0 Å². The quantitative estimate of drug-likeness (QED) is 0.828. The van der Waals surface area contributed by atoms with Crippen LogP contribution in [-0.4, -0.2) is 11.5 Å². The van der Waals surface area contributed by atoms with E-state index in [1.165, 1.54) is 19.0 Å². The minimum atomic E-state index is -0.191. The molecule has 88 valence electrons. The van der Waals surface area contributed by atoms with E-state index < -0.39 is 0 Å². The molecular formula is C13H19FN2. The zero-order valence-corrected chi connectivity index (χ0v) is 9.96. The van der Waals surface area contributed by atoms with E-state index in [1.807, 2.05) is 0 Å². The van der Waals surface area contributed by atoms with Gasteiger partial charge in [-0.05, 0) is 37.3 Å². The van der Waals surface area contributed by atoms with Crippen molar-refractivity contribution in [2.45, 2.75) is 39.2 Å². The molecule has 0 radical (unpaired) electrons. The van der Waals surface area contributed by atoms with E-state index in [1.54, 1.807) is 12.3 Å². The minimum absolute atomic E-state index is 0.135. The van der Waals surface area contributed by atoms with Crippen LogP contribution in [0.4, 0.5) is 4.39 Å². The Morgan fingerprint density at radius 1 is 1.56 bits per heavy atom. The van der Waals surface area contributed by atoms with Gasteiger partial charge in [0, 0.05) is 17.8 Å². The number of nitrogens with zero attached hydrogens (tertiary/aromatic N) is 1. The van der Waals surface area contributed by atoms with Crippen LogP contribution >= 0.6 is 0 Å². The summed E-state index contributed by atoms with van der Waals surface area (Å²) in [5.74, 6) is -0.191. The summed E-state index contributed by atoms with van der Waals surface area (Å²) >= 11 is 0. The molecule has 2 rings (SSSR count). The Morgan fingerprint density at radius 3 is 2.88 bits per heavy atom. The van der Waals surface area contributed by atoms with E-state index in [0.29, 0.717) is 0 Å². The molecule has 1 unspecified atom stereocenters. The van der Waals surface area contributed by atoms with Gasteiger partial charge in [-0.1, -0.05) is 13.8 Å². The van der Waals surface area contributed by atoms with Gasteiger partial charge >= 0.3 is 0 Å². The van der Waals surface area contributed by atoms with Gasteiger partial charge in [-0.2, -0.15) is 0 Å². The lowest BCUT2D eigenvalue weighted by molar-refractivity contribution is 0.355. The van der Waals surface area contributed by atoms with Crippen LogP contribution in [0.2, 0.25) is 0 Å². The summed E-state index contributed by atoms with van der Waals surface area (Å²) in [4.78, 5) is 3.81. The van der Waals surface area contributed by atoms with Gasteiger partial charge in [0.15, 0.2) is 0 Å². The van der Waals surface area contributed by atoms with Crippen LogP contribution in [0.1, 0.15) is 44.7 Å². The molecule has 3 heteroatoms. The number of rotatable bonds is 5. The van der Waals surface area contributed by atoms with E-state index in [2.05, 4.69) is 24.1 Å². The third-order valence-corrected chi connectivity index (χ3v) is 3.45. The van der Waals surface area contributed by atoms with Crippen molar-refractivity contribution >= 4 is 0 Å². The van der Waals surface area contributed by atoms with Gasteiger partial charge in [-0.15, -0.1) is 0 Å². The second-order valence-electron chi connectivity index (χ2n) is 4.94. The van der Waals surface area contributed by atoms with E-state index >= 15 is 0 Å². The second-order valence-corrected chi connectivity index (χ2v) is 4.94. The highest BCUT2D eigenvalue weighted by Crippen LogP contribution is 2.54. The van der Waals surface area contributed by atoms with Crippen LogP contribution in [0.15, 0.2) is 18.5 Å². The average Bonchev–Trinajstić information content (AvgIpc) is 3.00. The van der Waals surface area contributed by atoms with Crippen molar-refractivity contribution in [1.82, 2.24) is 10.3 Å². The lowest BCUT2D eigenvalue weighted by Crippen LogP contribution is -2.29. The van der Waals surface area contributed by atoms with Crippen molar-refractivity contribution in [3.8, 4) is 0 Å². The van der Waals surface area contributed by atoms with Crippen molar-refractivity contribution in [3.05, 3.63) is 29.8 Å². The molecule has 1 aliphatic rings. The van der Waals surface area contributed by atoms with Crippen LogP contribution in [-0.2, 0) is 0 Å². The highest BCUT2D eigenvalue weighted by atomic mass is 19.1. The van der Waals surface area contributed by atoms with E-state index in [-0.39, 0.29) is 17.3 Å². The van der Waals surface area contributed by atoms with Crippen LogP contribution in [0.5, 0.6) is 0 Å². The Balaban J connectivity index is 2.21. The highest BCUT2D eigenvalue weighted by Gasteiger charge is 2.45. The topological polar surface area (TPSA) is 24.9 Å². The van der Waals surface area contributed by atoms with Crippen molar-refractivity contribution < 1.29 is 4.39 Å². The molecule has 1 aromatic rings. The molecule has 2 nitrogen and oxygen atoms in total. The third-order valence-electron chi connectivity index (χ3n) is 3.45. The summed E-state index contributed by atoms with van der Waals surface area (Å²) in [7, 11) is 0. The first kappa shape index (κ1) is 11.5. The predicted octanol–water partition coefficient (Wildman–Crippen LogP) is 3.06. The van der Waals surface area contributed by atoms with E-state index in [4.69, 9.17) is 0 Å². The average molecular weight is 222 g/mol. The molecule has 1 aromatic heterocycles. The Kier molecular flexibility index (Phi) is 3.24. The van der Waals surface area contributed by atoms with Crippen molar-refractivity contribution in [3.63, 3.8) is 0 Å². The first-order chi connectivity index (χ1) is 7.67. The first-order valence-electron chi connectivity index (χ1n) is 6.00. The Hall–Kier alpha value is -0.960. The van der Waals surface area contributed by atoms with Gasteiger partial charge in [0.25, 0.3) is 0 Å². The number of hydrogen-bond acceptors (Lipinski definition) is 2. The SMILES string of the molecule is CCCNC(c1ccncc1F)C1(C)CC1. The van der Waals surface area contributed by atoms with Crippen LogP contribution < -0.4 is 5.32 Å². The van der Waals surface area contributed by atoms with Gasteiger partial charge in [-0.3, -0.25) is 4.98 Å². The van der Waals surface area contributed by atoms with Gasteiger partial charge in [0.1, 0.15) is 5.82 Å². The molecule has 1 atom stereocenters. The smallest absolute Gasteiger partial charge is 0.146 e. The maximum atomic E-state index is 13.7. The molecule has 0 saturated heterocycles. The molecule has 0 aliphatic heterocycles. The maximum Gasteiger partial charge on any atom is 0.146 e. The van der Waals surface area contributed by atoms with Crippen LogP contribution in [0, 0.1) is 11.2 Å². The zero-order chi connectivity index (χ0) is 11.6. The molecule has 1 N–H and O–H groups in total. The monoisotopic (exact) mass is 222 g/mol. The molecule has 1 aliphatic carbocycles. The molecular weight excluding hydrogens is 203 g/mol. The predicted molar refractivity (Wildman–Crippen MR) is 62.6 cm³/mol. The summed E-state index contributed by atoms with van der Waals surface area (Å²) in [5, 5.41) is 3.46. The van der Waals surface area contributed by atoms with Crippen LogP contribution in [0.3, 0.4) is 0 Å². The highest BCUT2D eigenvalue weighted by molar-refractivity contribution is 5.22. The molecule has 1 fully saturated rings. The number of nitrogens with one attached hydrogen (secondary N) is 1. The first-order valence-corrected chi connectivity index (χ1v) is 6.00.